The summed E-state index contributed by atoms with van der Waals surface area (Å²) in [7, 11) is 0. The number of aryl methyl sites for hydroxylation is 3. The van der Waals surface area contributed by atoms with Crippen LogP contribution in [-0.2, 0) is 0 Å². The summed E-state index contributed by atoms with van der Waals surface area (Å²) in [6, 6.07) is 39.4. The molecular formula is C56H42FN11O6. The number of hydrogen-bond acceptors (Lipinski definition) is 14. The normalized spacial score (nSPS) is 10.0. The maximum Gasteiger partial charge on any atom is 0.255 e. The van der Waals surface area contributed by atoms with E-state index in [4.69, 9.17) is 14.2 Å². The first kappa shape index (κ1) is 51.1. The van der Waals surface area contributed by atoms with Gasteiger partial charge in [-0.05, 0) is 87.5 Å². The van der Waals surface area contributed by atoms with Crippen LogP contribution in [0.1, 0.15) is 58.9 Å². The molecule has 3 heterocycles. The predicted octanol–water partition coefficient (Wildman–Crippen LogP) is 11.4. The molecule has 3 aromatic heterocycles. The van der Waals surface area contributed by atoms with Crippen molar-refractivity contribution in [2.45, 2.75) is 20.8 Å². The van der Waals surface area contributed by atoms with Gasteiger partial charge in [-0.2, -0.15) is 10.5 Å². The molecular weight excluding hydrogens is 942 g/mol. The van der Waals surface area contributed by atoms with E-state index in [0.717, 1.165) is 16.7 Å². The number of rotatable bonds is 12. The van der Waals surface area contributed by atoms with Gasteiger partial charge in [0, 0.05) is 58.0 Å². The van der Waals surface area contributed by atoms with Crippen molar-refractivity contribution in [2.24, 2.45) is 0 Å². The number of aromatic nitrogens is 6. The monoisotopic (exact) mass is 983 g/mol. The molecule has 0 atom stereocenters. The smallest absolute Gasteiger partial charge is 0.255 e. The molecule has 9 aromatic rings. The van der Waals surface area contributed by atoms with Crippen LogP contribution in [-0.4, -0.2) is 47.6 Å². The average molecular weight is 984 g/mol. The number of carbonyl (C=O) groups excluding carboxylic acids is 3. The van der Waals surface area contributed by atoms with Gasteiger partial charge in [-0.15, -0.1) is 0 Å². The van der Waals surface area contributed by atoms with Gasteiger partial charge < -0.3 is 30.2 Å². The van der Waals surface area contributed by atoms with Crippen LogP contribution in [0.25, 0.3) is 0 Å². The highest BCUT2D eigenvalue weighted by molar-refractivity contribution is 6.06. The lowest BCUT2D eigenvalue weighted by molar-refractivity contribution is 0.101. The van der Waals surface area contributed by atoms with Crippen LogP contribution >= 0.6 is 0 Å². The zero-order valence-corrected chi connectivity index (χ0v) is 39.7. The Hall–Kier alpha value is -10.7. The van der Waals surface area contributed by atoms with Crippen molar-refractivity contribution in [3.8, 4) is 46.6 Å². The Labute approximate surface area is 424 Å². The fourth-order valence-electron chi connectivity index (χ4n) is 6.67. The first-order valence-corrected chi connectivity index (χ1v) is 22.2. The van der Waals surface area contributed by atoms with Crippen LogP contribution < -0.4 is 30.2 Å². The number of anilines is 3. The van der Waals surface area contributed by atoms with Crippen molar-refractivity contribution in [3.63, 3.8) is 0 Å². The minimum Gasteiger partial charge on any atom is -0.454 e. The molecule has 74 heavy (non-hydrogen) atoms. The number of ether oxygens (including phenoxy) is 3. The molecule has 0 fully saturated rings. The molecule has 0 aliphatic carbocycles. The van der Waals surface area contributed by atoms with Gasteiger partial charge in [-0.1, -0.05) is 53.1 Å². The molecule has 6 aromatic carbocycles. The van der Waals surface area contributed by atoms with E-state index < -0.39 is 5.82 Å². The number of halogens is 1. The highest BCUT2D eigenvalue weighted by Crippen LogP contribution is 2.28. The molecule has 9 rings (SSSR count). The van der Waals surface area contributed by atoms with Crippen molar-refractivity contribution in [1.82, 2.24) is 29.9 Å². The summed E-state index contributed by atoms with van der Waals surface area (Å²) in [5, 5.41) is 26.6. The topological polar surface area (TPSA) is 240 Å². The lowest BCUT2D eigenvalue weighted by Crippen LogP contribution is -2.12. The first-order valence-electron chi connectivity index (χ1n) is 22.2. The molecule has 3 N–H and O–H groups in total. The number of nitrogens with zero attached hydrogens (tertiary/aromatic N) is 8. The Kier molecular flexibility index (Phi) is 17.4. The number of carbonyl (C=O) groups is 3. The quantitative estimate of drug-likeness (QED) is 0.103. The third-order valence-corrected chi connectivity index (χ3v) is 9.87. The van der Waals surface area contributed by atoms with Gasteiger partial charge in [-0.3, -0.25) is 14.4 Å². The molecule has 0 spiro atoms. The van der Waals surface area contributed by atoms with E-state index in [-0.39, 0.29) is 23.5 Å². The second kappa shape index (κ2) is 25.2. The van der Waals surface area contributed by atoms with Crippen molar-refractivity contribution < 1.29 is 33.0 Å². The second-order valence-corrected chi connectivity index (χ2v) is 15.9. The predicted molar refractivity (Wildman–Crippen MR) is 272 cm³/mol. The Bertz CT molecular complexity index is 3340. The van der Waals surface area contributed by atoms with E-state index >= 15 is 0 Å². The number of hydrogen-bond donors (Lipinski definition) is 3. The van der Waals surface area contributed by atoms with Gasteiger partial charge in [0.1, 0.15) is 42.0 Å². The summed E-state index contributed by atoms with van der Waals surface area (Å²) in [5.41, 5.74) is 6.51. The maximum atomic E-state index is 13.8. The molecule has 0 aliphatic heterocycles. The molecule has 17 nitrogen and oxygen atoms in total. The van der Waals surface area contributed by atoms with E-state index in [1.807, 2.05) is 51.1 Å². The lowest BCUT2D eigenvalue weighted by Gasteiger charge is -2.10. The van der Waals surface area contributed by atoms with E-state index in [9.17, 15) is 29.3 Å². The first-order chi connectivity index (χ1) is 35.9. The summed E-state index contributed by atoms with van der Waals surface area (Å²) in [4.78, 5) is 60.1. The maximum absolute atomic E-state index is 13.8. The summed E-state index contributed by atoms with van der Waals surface area (Å²) in [6.45, 7) is 5.73. The minimum atomic E-state index is -0.524. The van der Waals surface area contributed by atoms with E-state index in [1.165, 1.54) is 74.4 Å². The Morgan fingerprint density at radius 3 is 1.04 bits per heavy atom. The fourth-order valence-corrected chi connectivity index (χ4v) is 6.67. The largest absolute Gasteiger partial charge is 0.454 e. The summed E-state index contributed by atoms with van der Waals surface area (Å²) < 4.78 is 30.6. The molecule has 3 amide bonds. The zero-order valence-electron chi connectivity index (χ0n) is 39.7. The lowest BCUT2D eigenvalue weighted by atomic mass is 10.1. The summed E-state index contributed by atoms with van der Waals surface area (Å²) in [6.07, 6.45) is 13.1. The van der Waals surface area contributed by atoms with E-state index in [2.05, 4.69) is 58.0 Å². The SMILES string of the molecule is Cc1cccc(C(=O)Nc2cc(C#N)cc(Oc3cncnc3)c2)c1.Cc1cccc(C(=O)Nc2cc(C#N)cc(Oc3cncnc3)c2)c1.Cc1cccc(C(=O)Nc2cc(F)cc(Oc3cncnc3)c2)c1. The Morgan fingerprint density at radius 1 is 0.419 bits per heavy atom. The van der Waals surface area contributed by atoms with Crippen LogP contribution in [0.15, 0.2) is 184 Å². The molecule has 18 heteroatoms. The van der Waals surface area contributed by atoms with Crippen LogP contribution in [0.5, 0.6) is 34.5 Å². The van der Waals surface area contributed by atoms with Gasteiger partial charge in [0.25, 0.3) is 17.7 Å². The van der Waals surface area contributed by atoms with Gasteiger partial charge in [0.05, 0.1) is 60.4 Å². The van der Waals surface area contributed by atoms with Crippen LogP contribution in [0.3, 0.4) is 0 Å². The molecule has 0 bridgehead atoms. The van der Waals surface area contributed by atoms with Crippen LogP contribution in [0, 0.1) is 49.3 Å². The Balaban J connectivity index is 0.000000162. The third-order valence-electron chi connectivity index (χ3n) is 9.87. The second-order valence-electron chi connectivity index (χ2n) is 15.9. The molecule has 0 saturated heterocycles. The highest BCUT2D eigenvalue weighted by atomic mass is 19.1. The number of nitriles is 2. The number of benzene rings is 6. The standard InChI is InChI=1S/2C19H14N4O2.C18H14FN3O2/c2*1-13-3-2-4-15(5-13)19(24)23-16-6-14(9-20)7-17(8-16)25-18-10-21-12-22-11-18;1-12-3-2-4-13(5-12)18(23)22-15-6-14(19)7-16(8-15)24-17-9-20-11-21-10-17/h2*2-8,10-12H,1H3,(H,23,24);2-11H,1H3,(H,22,23). The van der Waals surface area contributed by atoms with E-state index in [1.54, 1.807) is 78.9 Å². The fraction of sp³-hybridized carbons (Fsp3) is 0.0536. The summed E-state index contributed by atoms with van der Waals surface area (Å²) in [5.74, 6) is 0.954. The third kappa shape index (κ3) is 15.7. The molecule has 364 valence electrons. The Morgan fingerprint density at radius 2 is 0.730 bits per heavy atom. The van der Waals surface area contributed by atoms with Crippen molar-refractivity contribution in [3.05, 3.63) is 234 Å². The minimum absolute atomic E-state index is 0.240. The van der Waals surface area contributed by atoms with Crippen molar-refractivity contribution in [1.29, 1.82) is 10.5 Å². The van der Waals surface area contributed by atoms with Gasteiger partial charge in [0.15, 0.2) is 17.2 Å². The van der Waals surface area contributed by atoms with Crippen LogP contribution in [0.4, 0.5) is 21.5 Å². The van der Waals surface area contributed by atoms with Crippen molar-refractivity contribution >= 4 is 34.8 Å². The number of amides is 3. The molecule has 0 radical (unpaired) electrons. The zero-order chi connectivity index (χ0) is 52.2. The molecule has 0 unspecified atom stereocenters. The van der Waals surface area contributed by atoms with Crippen LogP contribution in [0.2, 0.25) is 0 Å². The van der Waals surface area contributed by atoms with Gasteiger partial charge in [-0.25, -0.2) is 34.3 Å². The number of nitrogens with one attached hydrogen (secondary N) is 3. The van der Waals surface area contributed by atoms with Gasteiger partial charge in [0.2, 0.25) is 0 Å². The molecule has 0 aliphatic rings. The highest BCUT2D eigenvalue weighted by Gasteiger charge is 2.13. The molecule has 0 saturated carbocycles. The van der Waals surface area contributed by atoms with Crippen molar-refractivity contribution in [2.75, 3.05) is 16.0 Å². The van der Waals surface area contributed by atoms with Gasteiger partial charge >= 0.3 is 0 Å². The van der Waals surface area contributed by atoms with E-state index in [0.29, 0.717) is 73.6 Å². The summed E-state index contributed by atoms with van der Waals surface area (Å²) >= 11 is 0. The average Bonchev–Trinajstić information content (AvgIpc) is 3.39.